The van der Waals surface area contributed by atoms with Gasteiger partial charge in [0.25, 0.3) is 0 Å². The van der Waals surface area contributed by atoms with Gasteiger partial charge in [0.1, 0.15) is 15.9 Å². The van der Waals surface area contributed by atoms with E-state index < -0.39 is 7.92 Å². The van der Waals surface area contributed by atoms with Crippen molar-refractivity contribution in [3.63, 3.8) is 0 Å². The van der Waals surface area contributed by atoms with Gasteiger partial charge in [0.05, 0.1) is 7.92 Å². The normalized spacial score (nSPS) is 10.0. The van der Waals surface area contributed by atoms with Gasteiger partial charge < -0.3 is 29.7 Å². The molecule has 0 aliphatic heterocycles. The predicted molar refractivity (Wildman–Crippen MR) is 169 cm³/mol. The van der Waals surface area contributed by atoms with Crippen LogP contribution in [0.25, 0.3) is 0 Å². The zero-order chi connectivity index (χ0) is 25.7. The van der Waals surface area contributed by atoms with Crippen LogP contribution in [0, 0.1) is 0 Å². The number of nitrogens with zero attached hydrogens (tertiary/aromatic N) is 1. The molecule has 0 N–H and O–H groups in total. The molecule has 194 valence electrons. The Bertz CT molecular complexity index is 1200. The van der Waals surface area contributed by atoms with E-state index in [0.717, 1.165) is 13.1 Å². The van der Waals surface area contributed by atoms with Crippen molar-refractivity contribution in [3.05, 3.63) is 163 Å². The van der Waals surface area contributed by atoms with Crippen molar-refractivity contribution in [1.29, 1.82) is 0 Å². The fraction of sp³-hybridized carbons (Fsp3) is 0.0606. The summed E-state index contributed by atoms with van der Waals surface area (Å²) < 4.78 is 0.516. The molecule has 0 atom stereocenters. The van der Waals surface area contributed by atoms with Crippen molar-refractivity contribution >= 4 is 53.0 Å². The first-order valence-corrected chi connectivity index (χ1v) is 14.6. The molecule has 38 heavy (non-hydrogen) atoms. The van der Waals surface area contributed by atoms with Crippen LogP contribution in [0.4, 0.5) is 0 Å². The average Bonchev–Trinajstić information content (AvgIpc) is 2.96. The number of hydrogen-bond acceptors (Lipinski definition) is 2. The molecule has 0 bridgehead atoms. The minimum Gasteiger partial charge on any atom is -0.411 e. The number of hydrogen-bond donors (Lipinski definition) is 0. The molecule has 0 radical (unpaired) electrons. The Morgan fingerprint density at radius 1 is 0.500 bits per heavy atom. The third-order valence-corrected chi connectivity index (χ3v) is 9.13. The topological polar surface area (TPSA) is 3.24 Å². The summed E-state index contributed by atoms with van der Waals surface area (Å²) in [6.07, 6.45) is 0. The molecule has 5 rings (SSSR count). The summed E-state index contributed by atoms with van der Waals surface area (Å²) in [6.45, 7) is 1.52. The van der Waals surface area contributed by atoms with Crippen LogP contribution in [0.15, 0.2) is 152 Å². The van der Waals surface area contributed by atoms with E-state index in [2.05, 4.69) is 115 Å². The monoisotopic (exact) mass is 732 g/mol. The summed E-state index contributed by atoms with van der Waals surface area (Å²) in [7, 11) is -0.877. The zero-order valence-corrected chi connectivity index (χ0v) is 25.7. The second-order valence-corrected chi connectivity index (χ2v) is 12.1. The van der Waals surface area contributed by atoms with E-state index in [9.17, 15) is 0 Å². The van der Waals surface area contributed by atoms with E-state index in [0.29, 0.717) is 4.32 Å². The molecule has 0 spiro atoms. The minimum atomic E-state index is -0.877. The molecule has 0 fully saturated rings. The maximum atomic E-state index is 5.16. The number of rotatable bonds is 7. The molecule has 5 aromatic carbocycles. The second-order valence-electron chi connectivity index (χ2n) is 8.57. The molecule has 0 unspecified atom stereocenters. The molecule has 5 heteroatoms. The van der Waals surface area contributed by atoms with E-state index in [4.69, 9.17) is 24.8 Å². The molecule has 0 amide bonds. The Morgan fingerprint density at radius 2 is 0.763 bits per heavy atom. The quantitative estimate of drug-likeness (QED) is 0.0795. The number of benzene rings is 5. The van der Waals surface area contributed by atoms with Crippen molar-refractivity contribution in [1.82, 2.24) is 4.90 Å². The molecule has 0 saturated heterocycles. The van der Waals surface area contributed by atoms with E-state index in [1.54, 1.807) is 0 Å². The van der Waals surface area contributed by atoms with Crippen LogP contribution in [-0.4, -0.2) is 9.22 Å². The maximum absolute atomic E-state index is 5.16. The maximum Gasteiger partial charge on any atom is 1.00 e. The molecule has 5 aromatic rings. The summed E-state index contributed by atoms with van der Waals surface area (Å²) in [4.78, 5) is 2.04. The van der Waals surface area contributed by atoms with Crippen molar-refractivity contribution in [2.75, 3.05) is 0 Å². The average molecular weight is 733 g/mol. The van der Waals surface area contributed by atoms with Gasteiger partial charge in [0.2, 0.25) is 0 Å². The second kappa shape index (κ2) is 16.4. The summed E-state index contributed by atoms with van der Waals surface area (Å²) in [5, 5.41) is 4.31. The fourth-order valence-electron chi connectivity index (χ4n) is 4.11. The smallest absolute Gasteiger partial charge is 0.411 e. The third kappa shape index (κ3) is 9.29. The van der Waals surface area contributed by atoms with Crippen LogP contribution in [0.3, 0.4) is 0 Å². The summed E-state index contributed by atoms with van der Waals surface area (Å²) in [5.41, 5.74) is 2.45. The number of thiocarbonyl (C=S) groups is 1. The van der Waals surface area contributed by atoms with Gasteiger partial charge in [-0.15, -0.1) is 0 Å². The van der Waals surface area contributed by atoms with Crippen LogP contribution < -0.4 is 15.9 Å². The van der Waals surface area contributed by atoms with Gasteiger partial charge in [-0.2, -0.15) is 0 Å². The van der Waals surface area contributed by atoms with Gasteiger partial charge >= 0.3 is 22.4 Å². The van der Waals surface area contributed by atoms with Crippen LogP contribution in [0.5, 0.6) is 0 Å². The van der Waals surface area contributed by atoms with E-state index in [-0.39, 0.29) is 22.4 Å². The van der Waals surface area contributed by atoms with E-state index in [1.165, 1.54) is 27.0 Å². The van der Waals surface area contributed by atoms with Gasteiger partial charge in [-0.05, 0) is 47.5 Å². The Labute approximate surface area is 254 Å². The van der Waals surface area contributed by atoms with Crippen LogP contribution >= 0.6 is 20.1 Å². The van der Waals surface area contributed by atoms with E-state index in [1.807, 2.05) is 41.3 Å². The van der Waals surface area contributed by atoms with Crippen LogP contribution in [0.2, 0.25) is 0 Å². The first-order valence-electron chi connectivity index (χ1n) is 12.3. The zero-order valence-electron chi connectivity index (χ0n) is 20.9. The Kier molecular flexibility index (Phi) is 12.9. The van der Waals surface area contributed by atoms with Gasteiger partial charge in [0, 0.05) is 13.1 Å². The Hall–Kier alpha value is -2.62. The molecular weight excluding hydrogens is 702 g/mol. The Balaban J connectivity index is 0.000000206. The largest absolute Gasteiger partial charge is 1.00 e. The summed E-state index contributed by atoms with van der Waals surface area (Å²) >= 11 is 10.3. The molecule has 0 aliphatic carbocycles. The molecule has 0 aromatic heterocycles. The summed E-state index contributed by atoms with van der Waals surface area (Å²) in [5.74, 6) is 0. The standard InChI is InChI=1S/C18H15P.C15H15NS2.Au/c1-4-10-16(11-5-1)19(17-12-6-2-7-13-17)18-14-8-3-9-15-18;17-15(18)16(11-13-7-3-1-4-8-13)12-14-9-5-2-6-10-14;/h1-15H;1-10H,11-12H2,(H,17,18);/q;;+1. The predicted octanol–water partition coefficient (Wildman–Crippen LogP) is 6.70. The fourth-order valence-corrected chi connectivity index (χ4v) is 6.94. The Morgan fingerprint density at radius 3 is 1.03 bits per heavy atom. The van der Waals surface area contributed by atoms with Crippen LogP contribution in [-0.2, 0) is 48.1 Å². The molecular formula is C33H30AuNPS2+. The van der Waals surface area contributed by atoms with Gasteiger partial charge in [-0.25, -0.2) is 0 Å². The van der Waals surface area contributed by atoms with Crippen LogP contribution in [0.1, 0.15) is 11.1 Å². The minimum absolute atomic E-state index is 0. The van der Waals surface area contributed by atoms with Gasteiger partial charge in [-0.3, -0.25) is 0 Å². The van der Waals surface area contributed by atoms with Crippen molar-refractivity contribution in [2.45, 2.75) is 13.1 Å². The molecule has 0 heterocycles. The SMILES string of the molecule is S=C([S-])N(Cc1ccccc1)Cc1ccccc1.[Au+].c1ccc([PH+](c2ccccc2)c2ccccc2)cc1. The van der Waals surface area contributed by atoms with Crippen molar-refractivity contribution in [2.24, 2.45) is 0 Å². The molecule has 0 saturated carbocycles. The van der Waals surface area contributed by atoms with E-state index >= 15 is 0 Å². The van der Waals surface area contributed by atoms with Crippen molar-refractivity contribution in [3.8, 4) is 0 Å². The molecule has 1 nitrogen and oxygen atoms in total. The first kappa shape index (κ1) is 29.9. The van der Waals surface area contributed by atoms with Gasteiger partial charge in [-0.1, -0.05) is 120 Å². The van der Waals surface area contributed by atoms with Gasteiger partial charge in [0.15, 0.2) is 0 Å². The summed E-state index contributed by atoms with van der Waals surface area (Å²) in [6, 6.07) is 53.0. The third-order valence-electron chi connectivity index (χ3n) is 5.88. The first-order chi connectivity index (χ1) is 18.2. The van der Waals surface area contributed by atoms with Crippen molar-refractivity contribution < 1.29 is 22.4 Å². The molecule has 0 aliphatic rings.